The van der Waals surface area contributed by atoms with E-state index in [1.165, 1.54) is 23.6 Å². The van der Waals surface area contributed by atoms with Crippen molar-refractivity contribution in [2.75, 3.05) is 35.8 Å². The number of aromatic nitrogens is 2. The smallest absolute Gasteiger partial charge is 0.263 e. The van der Waals surface area contributed by atoms with Gasteiger partial charge in [-0.05, 0) is 36.4 Å². The monoisotopic (exact) mass is 501 g/mol. The van der Waals surface area contributed by atoms with Crippen molar-refractivity contribution in [2.45, 2.75) is 11.4 Å². The molecule has 0 radical (unpaired) electrons. The van der Waals surface area contributed by atoms with Crippen molar-refractivity contribution in [3.8, 4) is 0 Å². The summed E-state index contributed by atoms with van der Waals surface area (Å²) in [6.07, 6.45) is 3.27. The minimum Gasteiger partial charge on any atom is -0.368 e. The molecule has 34 heavy (non-hydrogen) atoms. The van der Waals surface area contributed by atoms with Gasteiger partial charge in [-0.25, -0.2) is 17.8 Å². The SMILES string of the molecule is O=C(Cn1ccc2cccc(F)c21)N1CCN(c2ccc(S(=O)(=O)Nc3nccs3)cc2)CC1.[HH]. The highest BCUT2D eigenvalue weighted by molar-refractivity contribution is 7.93. The number of para-hydroxylation sites is 1. The maximum absolute atomic E-state index is 14.2. The summed E-state index contributed by atoms with van der Waals surface area (Å²) in [6.45, 7) is 2.40. The molecule has 1 amide bonds. The van der Waals surface area contributed by atoms with Crippen LogP contribution in [0.3, 0.4) is 0 Å². The number of rotatable bonds is 6. The van der Waals surface area contributed by atoms with Crippen LogP contribution in [-0.2, 0) is 21.4 Å². The van der Waals surface area contributed by atoms with E-state index < -0.39 is 10.0 Å². The molecule has 4 aromatic rings. The molecule has 0 bridgehead atoms. The van der Waals surface area contributed by atoms with Gasteiger partial charge < -0.3 is 14.4 Å². The molecule has 2 aromatic heterocycles. The van der Waals surface area contributed by atoms with Gasteiger partial charge in [0.15, 0.2) is 5.13 Å². The highest BCUT2D eigenvalue weighted by Gasteiger charge is 2.23. The molecule has 5 rings (SSSR count). The minimum absolute atomic E-state index is 0. The Morgan fingerprint density at radius 3 is 2.56 bits per heavy atom. The number of benzene rings is 2. The van der Waals surface area contributed by atoms with Gasteiger partial charge in [-0.15, -0.1) is 11.3 Å². The fraction of sp³-hybridized carbons (Fsp3) is 0.217. The number of thiazole rings is 1. The van der Waals surface area contributed by atoms with E-state index in [9.17, 15) is 17.6 Å². The van der Waals surface area contributed by atoms with Crippen molar-refractivity contribution in [3.05, 3.63) is 72.1 Å². The molecule has 1 N–H and O–H groups in total. The number of anilines is 2. The largest absolute Gasteiger partial charge is 0.368 e. The van der Waals surface area contributed by atoms with Crippen LogP contribution in [-0.4, -0.2) is 55.0 Å². The summed E-state index contributed by atoms with van der Waals surface area (Å²) in [5.74, 6) is -0.400. The lowest BCUT2D eigenvalue weighted by atomic mass is 10.2. The predicted octanol–water partition coefficient (Wildman–Crippen LogP) is 3.63. The molecule has 8 nitrogen and oxygen atoms in total. The first kappa shape index (κ1) is 22.4. The second-order valence-corrected chi connectivity index (χ2v) is 10.5. The highest BCUT2D eigenvalue weighted by Crippen LogP contribution is 2.23. The maximum Gasteiger partial charge on any atom is 0.263 e. The Labute approximate surface area is 201 Å². The number of sulfonamides is 1. The molecule has 0 aliphatic carbocycles. The summed E-state index contributed by atoms with van der Waals surface area (Å²) >= 11 is 1.21. The van der Waals surface area contributed by atoms with E-state index in [-0.39, 0.29) is 24.6 Å². The van der Waals surface area contributed by atoms with Crippen LogP contribution in [0, 0.1) is 5.82 Å². The lowest BCUT2D eigenvalue weighted by molar-refractivity contribution is -0.132. The van der Waals surface area contributed by atoms with Crippen molar-refractivity contribution in [1.82, 2.24) is 14.5 Å². The first-order chi connectivity index (χ1) is 16.4. The molecule has 0 unspecified atom stereocenters. The van der Waals surface area contributed by atoms with Gasteiger partial charge in [0, 0.05) is 56.5 Å². The number of carbonyl (C=O) groups is 1. The van der Waals surface area contributed by atoms with Crippen LogP contribution < -0.4 is 9.62 Å². The molecule has 1 aliphatic heterocycles. The van der Waals surface area contributed by atoms with Gasteiger partial charge in [0.05, 0.1) is 10.4 Å². The lowest BCUT2D eigenvalue weighted by Gasteiger charge is -2.36. The van der Waals surface area contributed by atoms with Crippen molar-refractivity contribution >= 4 is 49.0 Å². The fourth-order valence-electron chi connectivity index (χ4n) is 4.09. The second kappa shape index (κ2) is 9.07. The average Bonchev–Trinajstić information content (AvgIpc) is 3.50. The molecule has 1 saturated heterocycles. The average molecular weight is 502 g/mol. The van der Waals surface area contributed by atoms with Gasteiger partial charge in [0.2, 0.25) is 5.91 Å². The second-order valence-electron chi connectivity index (χ2n) is 7.93. The van der Waals surface area contributed by atoms with Gasteiger partial charge in [0.25, 0.3) is 10.0 Å². The van der Waals surface area contributed by atoms with Crippen LogP contribution >= 0.6 is 11.3 Å². The molecule has 0 spiro atoms. The van der Waals surface area contributed by atoms with E-state index in [0.717, 1.165) is 11.1 Å². The number of piperazine rings is 1. The van der Waals surface area contributed by atoms with Crippen molar-refractivity contribution in [1.29, 1.82) is 0 Å². The van der Waals surface area contributed by atoms with Crippen molar-refractivity contribution in [3.63, 3.8) is 0 Å². The molecule has 11 heteroatoms. The van der Waals surface area contributed by atoms with Crippen LogP contribution in [0.5, 0.6) is 0 Å². The van der Waals surface area contributed by atoms with Crippen LogP contribution in [0.1, 0.15) is 1.43 Å². The molecule has 0 saturated carbocycles. The zero-order valence-electron chi connectivity index (χ0n) is 18.1. The summed E-state index contributed by atoms with van der Waals surface area (Å²) in [6, 6.07) is 13.3. The zero-order chi connectivity index (χ0) is 23.7. The van der Waals surface area contributed by atoms with Gasteiger partial charge in [-0.1, -0.05) is 12.1 Å². The zero-order valence-corrected chi connectivity index (χ0v) is 19.7. The Balaban J connectivity index is 0.00000289. The fourth-order valence-corrected chi connectivity index (χ4v) is 5.88. The number of amides is 1. The number of carbonyl (C=O) groups excluding carboxylic acids is 1. The Hall–Kier alpha value is -3.44. The van der Waals surface area contributed by atoms with Crippen LogP contribution in [0.15, 0.2) is 71.2 Å². The molecule has 1 aliphatic rings. The minimum atomic E-state index is -3.70. The van der Waals surface area contributed by atoms with Crippen LogP contribution in [0.2, 0.25) is 0 Å². The van der Waals surface area contributed by atoms with Gasteiger partial charge in [-0.2, -0.15) is 0 Å². The summed E-state index contributed by atoms with van der Waals surface area (Å²) in [4.78, 5) is 20.8. The third kappa shape index (κ3) is 4.48. The third-order valence-corrected chi connectivity index (χ3v) is 8.02. The normalized spacial score (nSPS) is 14.5. The maximum atomic E-state index is 14.2. The standard InChI is InChI=1S/C23H22FN5O3S2.H2/c24-20-3-1-2-17-8-10-29(22(17)20)16-21(30)28-13-11-27(12-14-28)18-4-6-19(7-5-18)34(31,32)26-23-25-9-15-33-23;/h1-10,15H,11-14,16H2,(H,25,26);1H. The Kier molecular flexibility index (Phi) is 5.96. The molecule has 178 valence electrons. The van der Waals surface area contributed by atoms with Crippen LogP contribution in [0.4, 0.5) is 15.2 Å². The van der Waals surface area contributed by atoms with Crippen molar-refractivity contribution in [2.24, 2.45) is 0 Å². The van der Waals surface area contributed by atoms with Crippen molar-refractivity contribution < 1.29 is 19.0 Å². The van der Waals surface area contributed by atoms with Gasteiger partial charge >= 0.3 is 0 Å². The lowest BCUT2D eigenvalue weighted by Crippen LogP contribution is -2.49. The molecular weight excluding hydrogens is 477 g/mol. The summed E-state index contributed by atoms with van der Waals surface area (Å²) < 4.78 is 43.3. The molecule has 3 heterocycles. The number of hydrogen-bond donors (Lipinski definition) is 1. The Bertz CT molecular complexity index is 1420. The predicted molar refractivity (Wildman–Crippen MR) is 132 cm³/mol. The molecule has 1 fully saturated rings. The quantitative estimate of drug-likeness (QED) is 0.436. The molecule has 0 atom stereocenters. The van der Waals surface area contributed by atoms with E-state index >= 15 is 0 Å². The summed E-state index contributed by atoms with van der Waals surface area (Å²) in [5, 5.41) is 2.79. The molecule has 2 aromatic carbocycles. The van der Waals surface area contributed by atoms with E-state index in [1.54, 1.807) is 57.4 Å². The third-order valence-electron chi connectivity index (χ3n) is 5.84. The first-order valence-electron chi connectivity index (χ1n) is 10.7. The van der Waals surface area contributed by atoms with Crippen LogP contribution in [0.25, 0.3) is 10.9 Å². The Morgan fingerprint density at radius 1 is 1.09 bits per heavy atom. The van der Waals surface area contributed by atoms with Gasteiger partial charge in [-0.3, -0.25) is 9.52 Å². The summed E-state index contributed by atoms with van der Waals surface area (Å²) in [7, 11) is -3.70. The highest BCUT2D eigenvalue weighted by atomic mass is 32.2. The molecular formula is C23H24FN5O3S2. The number of halogens is 1. The number of nitrogens with zero attached hydrogens (tertiary/aromatic N) is 4. The Morgan fingerprint density at radius 2 is 1.85 bits per heavy atom. The number of hydrogen-bond acceptors (Lipinski definition) is 6. The van der Waals surface area contributed by atoms with Gasteiger partial charge in [0.1, 0.15) is 12.4 Å². The number of fused-ring (bicyclic) bond motifs is 1. The van der Waals surface area contributed by atoms with E-state index in [0.29, 0.717) is 36.8 Å². The number of nitrogens with one attached hydrogen (secondary N) is 1. The first-order valence-corrected chi connectivity index (χ1v) is 13.1. The van der Waals surface area contributed by atoms with E-state index in [4.69, 9.17) is 0 Å². The topological polar surface area (TPSA) is 87.5 Å². The summed E-state index contributed by atoms with van der Waals surface area (Å²) in [5.41, 5.74) is 1.33. The van der Waals surface area contributed by atoms with E-state index in [1.807, 2.05) is 6.07 Å². The van der Waals surface area contributed by atoms with E-state index in [2.05, 4.69) is 14.6 Å².